The molecule has 3 aliphatic heterocycles. The van der Waals surface area contributed by atoms with E-state index in [1.807, 2.05) is 25.7 Å². The topological polar surface area (TPSA) is 116 Å². The molecule has 21 heavy (non-hydrogen) atoms. The van der Waals surface area contributed by atoms with E-state index in [0.29, 0.717) is 12.1 Å². The Kier molecular flexibility index (Phi) is 5.54. The normalized spacial score (nSPS) is 23.9. The number of piperazine rings is 1. The number of nitrogens with one attached hydrogen (secondary N) is 1. The molecular weight excluding hydrogens is 280 g/mol. The number of fused-ring (bicyclic) bond motifs is 3. The molecular formula is C13H22N2O6. The summed E-state index contributed by atoms with van der Waals surface area (Å²) in [6.45, 7) is 7.45. The first kappa shape index (κ1) is 17.2. The highest BCUT2D eigenvalue weighted by atomic mass is 16.6. The minimum atomic E-state index is -1.82. The second kappa shape index (κ2) is 6.75. The Morgan fingerprint density at radius 3 is 2.00 bits per heavy atom. The number of piperidine rings is 2. The molecule has 120 valence electrons. The van der Waals surface area contributed by atoms with Crippen LogP contribution >= 0.6 is 0 Å². The van der Waals surface area contributed by atoms with Crippen molar-refractivity contribution in [1.82, 2.24) is 10.2 Å². The fraction of sp³-hybridized carbons (Fsp3) is 0.769. The van der Waals surface area contributed by atoms with Gasteiger partial charge in [-0.05, 0) is 33.6 Å². The van der Waals surface area contributed by atoms with Gasteiger partial charge < -0.3 is 25.2 Å². The van der Waals surface area contributed by atoms with E-state index in [9.17, 15) is 4.79 Å². The first-order valence-electron chi connectivity index (χ1n) is 6.79. The van der Waals surface area contributed by atoms with Crippen LogP contribution in [0, 0.1) is 0 Å². The minimum Gasteiger partial charge on any atom is -0.473 e. The number of rotatable bonds is 0. The summed E-state index contributed by atoms with van der Waals surface area (Å²) in [6.07, 6.45) is 2.14. The summed E-state index contributed by atoms with van der Waals surface area (Å²) in [4.78, 5) is 32.0. The number of amides is 1. The number of hydrogen-bond acceptors (Lipinski definition) is 5. The molecule has 0 aromatic rings. The molecule has 2 atom stereocenters. The Labute approximate surface area is 123 Å². The molecule has 0 aromatic carbocycles. The van der Waals surface area contributed by atoms with Crippen LogP contribution in [0.2, 0.25) is 0 Å². The van der Waals surface area contributed by atoms with Crippen LogP contribution in [0.5, 0.6) is 0 Å². The zero-order valence-corrected chi connectivity index (χ0v) is 12.5. The molecule has 0 aromatic heterocycles. The summed E-state index contributed by atoms with van der Waals surface area (Å²) in [5.41, 5.74) is -0.388. The second-order valence-corrected chi connectivity index (χ2v) is 6.08. The van der Waals surface area contributed by atoms with E-state index in [1.54, 1.807) is 0 Å². The maximum absolute atomic E-state index is 11.9. The molecule has 0 saturated carbocycles. The van der Waals surface area contributed by atoms with Crippen LogP contribution in [-0.2, 0) is 14.3 Å². The van der Waals surface area contributed by atoms with Crippen LogP contribution in [0.3, 0.4) is 0 Å². The Morgan fingerprint density at radius 2 is 1.71 bits per heavy atom. The fourth-order valence-corrected chi connectivity index (χ4v) is 2.25. The van der Waals surface area contributed by atoms with Gasteiger partial charge in [0.1, 0.15) is 5.60 Å². The van der Waals surface area contributed by atoms with Gasteiger partial charge in [-0.25, -0.2) is 14.4 Å². The number of carboxylic acids is 2. The monoisotopic (exact) mass is 302 g/mol. The van der Waals surface area contributed by atoms with Gasteiger partial charge in [-0.3, -0.25) is 0 Å². The average molecular weight is 302 g/mol. The van der Waals surface area contributed by atoms with E-state index in [4.69, 9.17) is 24.5 Å². The van der Waals surface area contributed by atoms with Gasteiger partial charge in [0.25, 0.3) is 0 Å². The Morgan fingerprint density at radius 1 is 1.14 bits per heavy atom. The lowest BCUT2D eigenvalue weighted by molar-refractivity contribution is -0.159. The van der Waals surface area contributed by atoms with Gasteiger partial charge in [0.05, 0.1) is 0 Å². The van der Waals surface area contributed by atoms with Crippen molar-refractivity contribution in [3.8, 4) is 0 Å². The molecule has 3 rings (SSSR count). The van der Waals surface area contributed by atoms with Crippen molar-refractivity contribution in [3.05, 3.63) is 0 Å². The molecule has 3 heterocycles. The van der Waals surface area contributed by atoms with Gasteiger partial charge in [-0.2, -0.15) is 0 Å². The zero-order valence-electron chi connectivity index (χ0n) is 12.5. The average Bonchev–Trinajstić information content (AvgIpc) is 2.38. The van der Waals surface area contributed by atoms with Gasteiger partial charge in [0.2, 0.25) is 0 Å². The molecule has 3 saturated heterocycles. The Hall–Kier alpha value is -1.83. The van der Waals surface area contributed by atoms with Gasteiger partial charge in [0, 0.05) is 25.2 Å². The lowest BCUT2D eigenvalue weighted by atomic mass is 9.93. The largest absolute Gasteiger partial charge is 0.473 e. The molecule has 8 nitrogen and oxygen atoms in total. The van der Waals surface area contributed by atoms with E-state index in [2.05, 4.69) is 5.32 Å². The predicted molar refractivity (Wildman–Crippen MR) is 73.0 cm³/mol. The number of carbonyl (C=O) groups excluding carboxylic acids is 1. The van der Waals surface area contributed by atoms with Crippen LogP contribution in [0.4, 0.5) is 4.79 Å². The van der Waals surface area contributed by atoms with Crippen LogP contribution in [0.1, 0.15) is 33.6 Å². The van der Waals surface area contributed by atoms with Gasteiger partial charge in [0.15, 0.2) is 0 Å². The summed E-state index contributed by atoms with van der Waals surface area (Å²) < 4.78 is 5.39. The van der Waals surface area contributed by atoms with E-state index >= 15 is 0 Å². The molecule has 0 radical (unpaired) electrons. The maximum Gasteiger partial charge on any atom is 0.414 e. The molecule has 0 spiro atoms. The lowest BCUT2D eigenvalue weighted by Gasteiger charge is -2.45. The fourth-order valence-electron chi connectivity index (χ4n) is 2.25. The van der Waals surface area contributed by atoms with Gasteiger partial charge in [-0.15, -0.1) is 0 Å². The Bertz CT molecular complexity index is 397. The lowest BCUT2D eigenvalue weighted by Crippen LogP contribution is -2.62. The third-order valence-electron chi connectivity index (χ3n) is 3.16. The van der Waals surface area contributed by atoms with Crippen LogP contribution in [0.15, 0.2) is 0 Å². The SMILES string of the molecule is CC(C)(C)OC(=O)N1CC2CCC1CN2.O=C(O)C(=O)O. The van der Waals surface area contributed by atoms with E-state index in [1.165, 1.54) is 6.42 Å². The van der Waals surface area contributed by atoms with Gasteiger partial charge in [-0.1, -0.05) is 0 Å². The first-order valence-corrected chi connectivity index (χ1v) is 6.79. The van der Waals surface area contributed by atoms with Gasteiger partial charge >= 0.3 is 18.0 Å². The number of nitrogens with zero attached hydrogens (tertiary/aromatic N) is 1. The molecule has 3 aliphatic rings. The molecule has 3 N–H and O–H groups in total. The highest BCUT2D eigenvalue weighted by Gasteiger charge is 2.37. The second-order valence-electron chi connectivity index (χ2n) is 6.08. The van der Waals surface area contributed by atoms with E-state index in [-0.39, 0.29) is 11.7 Å². The third-order valence-corrected chi connectivity index (χ3v) is 3.16. The summed E-state index contributed by atoms with van der Waals surface area (Å²) in [6, 6.07) is 0.812. The standard InChI is InChI=1S/C11H20N2O2.C2H2O4/c1-11(2,3)15-10(14)13-7-8-4-5-9(13)6-12-8;3-1(4)2(5)6/h8-9,12H,4-7H2,1-3H3;(H,3,4)(H,5,6). The quantitative estimate of drug-likeness (QED) is 0.558. The van der Waals surface area contributed by atoms with Crippen LogP contribution < -0.4 is 5.32 Å². The molecule has 0 aliphatic carbocycles. The predicted octanol–water partition coefficient (Wildman–Crippen LogP) is 0.513. The van der Waals surface area contributed by atoms with E-state index < -0.39 is 11.9 Å². The number of carboxylic acid groups (broad SMARTS) is 2. The summed E-state index contributed by atoms with van der Waals surface area (Å²) >= 11 is 0. The number of hydrogen-bond donors (Lipinski definition) is 3. The van der Waals surface area contributed by atoms with Crippen molar-refractivity contribution >= 4 is 18.0 Å². The maximum atomic E-state index is 11.9. The highest BCUT2D eigenvalue weighted by Crippen LogP contribution is 2.24. The van der Waals surface area contributed by atoms with E-state index in [0.717, 1.165) is 19.5 Å². The van der Waals surface area contributed by atoms with Crippen molar-refractivity contribution in [2.45, 2.75) is 51.3 Å². The summed E-state index contributed by atoms with van der Waals surface area (Å²) in [5.74, 6) is -3.65. The highest BCUT2D eigenvalue weighted by molar-refractivity contribution is 6.27. The molecule has 3 fully saturated rings. The first-order chi connectivity index (χ1) is 9.60. The Balaban J connectivity index is 0.000000315. The smallest absolute Gasteiger partial charge is 0.414 e. The molecule has 2 bridgehead atoms. The summed E-state index contributed by atoms with van der Waals surface area (Å²) in [7, 11) is 0. The zero-order chi connectivity index (χ0) is 16.2. The number of aliphatic carboxylic acids is 2. The number of carbonyl (C=O) groups is 3. The third kappa shape index (κ3) is 5.58. The molecule has 8 heteroatoms. The van der Waals surface area contributed by atoms with Crippen molar-refractivity contribution < 1.29 is 29.3 Å². The van der Waals surface area contributed by atoms with Crippen molar-refractivity contribution in [1.29, 1.82) is 0 Å². The van der Waals surface area contributed by atoms with Crippen molar-refractivity contribution in [2.24, 2.45) is 0 Å². The molecule has 1 amide bonds. The summed E-state index contributed by atoms with van der Waals surface area (Å²) in [5, 5.41) is 18.2. The minimum absolute atomic E-state index is 0.154. The molecule has 2 unspecified atom stereocenters. The van der Waals surface area contributed by atoms with Crippen LogP contribution in [-0.4, -0.2) is 63.9 Å². The van der Waals surface area contributed by atoms with Crippen molar-refractivity contribution in [2.75, 3.05) is 13.1 Å². The van der Waals surface area contributed by atoms with Crippen molar-refractivity contribution in [3.63, 3.8) is 0 Å². The van der Waals surface area contributed by atoms with Crippen LogP contribution in [0.25, 0.3) is 0 Å². The number of ether oxygens (including phenoxy) is 1.